The molecular formula is C52H34O3P2. The van der Waals surface area contributed by atoms with Crippen LogP contribution in [0.4, 0.5) is 0 Å². The zero-order chi connectivity index (χ0) is 37.7. The van der Waals surface area contributed by atoms with Crippen molar-refractivity contribution in [3.63, 3.8) is 0 Å². The van der Waals surface area contributed by atoms with Gasteiger partial charge in [0.15, 0.2) is 0 Å². The Morgan fingerprint density at radius 2 is 0.772 bits per heavy atom. The molecule has 0 spiro atoms. The largest absolute Gasteiger partial charge is 0.453 e. The fourth-order valence-electron chi connectivity index (χ4n) is 8.18. The highest BCUT2D eigenvalue weighted by Crippen LogP contribution is 2.48. The van der Waals surface area contributed by atoms with Crippen LogP contribution in [0.2, 0.25) is 0 Å². The third-order valence-electron chi connectivity index (χ3n) is 10.8. The third kappa shape index (κ3) is 6.05. The Morgan fingerprint density at radius 3 is 1.30 bits per heavy atom. The average molecular weight is 769 g/mol. The average Bonchev–Trinajstić information content (AvgIpc) is 3.40. The molecular weight excluding hydrogens is 735 g/mol. The first-order valence-corrected chi connectivity index (χ1v) is 21.5. The fraction of sp³-hybridized carbons (Fsp3) is 0. The molecule has 0 aliphatic carbocycles. The van der Waals surface area contributed by atoms with Gasteiger partial charge in [0.05, 0.1) is 0 Å². The number of hydrogen-bond acceptors (Lipinski definition) is 3. The minimum atomic E-state index is -1.97. The lowest BCUT2D eigenvalue weighted by molar-refractivity contribution is 0.500. The van der Waals surface area contributed by atoms with Gasteiger partial charge >= 0.3 is 8.24 Å². The quantitative estimate of drug-likeness (QED) is 0.158. The van der Waals surface area contributed by atoms with E-state index in [1.807, 2.05) is 0 Å². The van der Waals surface area contributed by atoms with Gasteiger partial charge in [0.1, 0.15) is 16.9 Å². The number of fused-ring (bicyclic) bond motifs is 7. The zero-order valence-electron chi connectivity index (χ0n) is 30.7. The van der Waals surface area contributed by atoms with Crippen LogP contribution >= 0.6 is 16.2 Å². The summed E-state index contributed by atoms with van der Waals surface area (Å²) in [6, 6.07) is 73.4. The summed E-state index contributed by atoms with van der Waals surface area (Å²) >= 11 is 0. The highest BCUT2D eigenvalue weighted by Gasteiger charge is 2.26. The van der Waals surface area contributed by atoms with Crippen LogP contribution in [0.25, 0.3) is 76.2 Å². The molecule has 0 aliphatic rings. The highest BCUT2D eigenvalue weighted by atomic mass is 31.1. The molecule has 3 nitrogen and oxygen atoms in total. The molecule has 0 atom stereocenters. The highest BCUT2D eigenvalue weighted by molar-refractivity contribution is 7.80. The maximum atomic E-state index is 7.19. The second-order valence-electron chi connectivity index (χ2n) is 14.2. The SMILES string of the molecule is c1ccc(P(c2ccccc2)c2ccc3ccccc3c2-c2c(Op3oc4cc5ccccc5cc4c4cc5ccccc5cc4o3)ccc3ccccc23)cc1. The lowest BCUT2D eigenvalue weighted by Crippen LogP contribution is -2.22. The molecule has 0 fully saturated rings. The second kappa shape index (κ2) is 14.1. The molecule has 0 radical (unpaired) electrons. The Labute approximate surface area is 331 Å². The Hall–Kier alpha value is -6.63. The Morgan fingerprint density at radius 1 is 0.351 bits per heavy atom. The van der Waals surface area contributed by atoms with Crippen LogP contribution in [0.3, 0.4) is 0 Å². The van der Waals surface area contributed by atoms with Crippen LogP contribution in [0, 0.1) is 0 Å². The van der Waals surface area contributed by atoms with E-state index in [0.29, 0.717) is 5.75 Å². The normalized spacial score (nSPS) is 11.7. The van der Waals surface area contributed by atoms with E-state index in [9.17, 15) is 0 Å². The molecule has 0 unspecified atom stereocenters. The summed E-state index contributed by atoms with van der Waals surface area (Å²) in [5.74, 6) is 0.708. The minimum Gasteiger partial charge on any atom is -0.390 e. The van der Waals surface area contributed by atoms with Gasteiger partial charge in [0, 0.05) is 21.9 Å². The molecule has 0 aliphatic heterocycles. The van der Waals surface area contributed by atoms with Crippen molar-refractivity contribution >= 4 is 97.1 Å². The molecule has 0 saturated heterocycles. The van der Waals surface area contributed by atoms with Gasteiger partial charge in [-0.1, -0.05) is 176 Å². The summed E-state index contributed by atoms with van der Waals surface area (Å²) in [5, 5.41) is 14.8. The van der Waals surface area contributed by atoms with E-state index in [0.717, 1.165) is 65.4 Å². The standard InChI is InChI=1S/C52H34O3P2/c1-3-21-41(22-4-1)56(42-23-5-2-6-24-42)50-30-28-36-16-12-14-26-44(36)52(50)51-43-25-13-11-15-35(43)27-29-47(51)53-57-54-48-33-39-19-9-7-17-37(39)31-45(48)46-32-38-18-8-10-20-40(38)34-49(46)55-57/h1-34H. The van der Waals surface area contributed by atoms with Gasteiger partial charge in [-0.2, -0.15) is 0 Å². The summed E-state index contributed by atoms with van der Waals surface area (Å²) in [5.41, 5.74) is 3.65. The van der Waals surface area contributed by atoms with E-state index in [1.54, 1.807) is 0 Å². The van der Waals surface area contributed by atoms with Crippen LogP contribution in [0.5, 0.6) is 5.75 Å². The summed E-state index contributed by atoms with van der Waals surface area (Å²) in [6.07, 6.45) is 0. The van der Waals surface area contributed by atoms with Crippen LogP contribution in [-0.2, 0) is 0 Å². The van der Waals surface area contributed by atoms with E-state index in [1.165, 1.54) is 26.7 Å². The van der Waals surface area contributed by atoms with Crippen molar-refractivity contribution in [1.82, 2.24) is 0 Å². The first-order valence-electron chi connectivity index (χ1n) is 19.1. The van der Waals surface area contributed by atoms with E-state index in [-0.39, 0.29) is 0 Å². The van der Waals surface area contributed by atoms with Crippen LogP contribution in [-0.4, -0.2) is 0 Å². The van der Waals surface area contributed by atoms with Crippen LogP contribution in [0.1, 0.15) is 0 Å². The number of benzene rings is 10. The number of rotatable bonds is 6. The number of hydrogen-bond donors (Lipinski definition) is 0. The summed E-state index contributed by atoms with van der Waals surface area (Å²) in [6.45, 7) is 0. The van der Waals surface area contributed by atoms with Gasteiger partial charge < -0.3 is 12.9 Å². The van der Waals surface area contributed by atoms with Gasteiger partial charge in [-0.15, -0.1) is 0 Å². The molecule has 11 rings (SSSR count). The van der Waals surface area contributed by atoms with Crippen molar-refractivity contribution in [3.05, 3.63) is 206 Å². The van der Waals surface area contributed by atoms with Gasteiger partial charge in [0.2, 0.25) is 0 Å². The van der Waals surface area contributed by atoms with Crippen molar-refractivity contribution in [2.75, 3.05) is 0 Å². The zero-order valence-corrected chi connectivity index (χ0v) is 32.5. The van der Waals surface area contributed by atoms with Crippen molar-refractivity contribution in [2.24, 2.45) is 0 Å². The Bertz CT molecular complexity index is 3200. The smallest absolute Gasteiger partial charge is 0.390 e. The van der Waals surface area contributed by atoms with Crippen LogP contribution in [0.15, 0.2) is 215 Å². The maximum absolute atomic E-state index is 7.19. The van der Waals surface area contributed by atoms with Gasteiger partial charge in [-0.3, -0.25) is 0 Å². The molecule has 0 amide bonds. The van der Waals surface area contributed by atoms with Crippen molar-refractivity contribution < 1.29 is 12.9 Å². The fourth-order valence-corrected chi connectivity index (χ4v) is 11.7. The molecule has 0 saturated carbocycles. The molecule has 5 heteroatoms. The third-order valence-corrected chi connectivity index (χ3v) is 14.3. The molecule has 0 bridgehead atoms. The van der Waals surface area contributed by atoms with E-state index >= 15 is 0 Å². The predicted molar refractivity (Wildman–Crippen MR) is 243 cm³/mol. The second-order valence-corrected chi connectivity index (χ2v) is 17.4. The molecule has 1 heterocycles. The molecule has 270 valence electrons. The topological polar surface area (TPSA) is 35.5 Å². The monoisotopic (exact) mass is 768 g/mol. The minimum absolute atomic E-state index is 0.708. The molecule has 10 aromatic carbocycles. The molecule has 57 heavy (non-hydrogen) atoms. The lowest BCUT2D eigenvalue weighted by Gasteiger charge is -2.25. The van der Waals surface area contributed by atoms with E-state index in [2.05, 4.69) is 206 Å². The van der Waals surface area contributed by atoms with Crippen molar-refractivity contribution in [3.8, 4) is 16.9 Å². The Kier molecular flexibility index (Phi) is 8.36. The van der Waals surface area contributed by atoms with E-state index < -0.39 is 16.2 Å². The summed E-state index contributed by atoms with van der Waals surface area (Å²) < 4.78 is 21.0. The first kappa shape index (κ1) is 33.7. The Balaban J connectivity index is 1.21. The molecule has 1 aromatic heterocycles. The molecule has 0 N–H and O–H groups in total. The van der Waals surface area contributed by atoms with Crippen molar-refractivity contribution in [1.29, 1.82) is 0 Å². The van der Waals surface area contributed by atoms with Crippen molar-refractivity contribution in [2.45, 2.75) is 0 Å². The van der Waals surface area contributed by atoms with Gasteiger partial charge in [-0.25, -0.2) is 0 Å². The van der Waals surface area contributed by atoms with Gasteiger partial charge in [-0.05, 0) is 97.3 Å². The van der Waals surface area contributed by atoms with E-state index in [4.69, 9.17) is 12.9 Å². The lowest BCUT2D eigenvalue weighted by atomic mass is 9.93. The summed E-state index contributed by atoms with van der Waals surface area (Å²) in [7, 11) is -2.94. The maximum Gasteiger partial charge on any atom is 0.453 e. The molecule has 11 aromatic rings. The first-order chi connectivity index (χ1) is 28.2. The predicted octanol–water partition coefficient (Wildman–Crippen LogP) is 14.2. The van der Waals surface area contributed by atoms with Gasteiger partial charge in [0.25, 0.3) is 0 Å². The van der Waals surface area contributed by atoms with Crippen LogP contribution < -0.4 is 20.4 Å². The summed E-state index contributed by atoms with van der Waals surface area (Å²) in [4.78, 5) is 0.